The van der Waals surface area contributed by atoms with E-state index in [-0.39, 0.29) is 11.5 Å². The zero-order valence-electron chi connectivity index (χ0n) is 24.4. The van der Waals surface area contributed by atoms with Crippen LogP contribution >= 0.6 is 24.0 Å². The van der Waals surface area contributed by atoms with Gasteiger partial charge < -0.3 is 19.3 Å². The van der Waals surface area contributed by atoms with Crippen LogP contribution in [0.4, 0.5) is 0 Å². The number of carbonyl (C=O) groups excluding carboxylic acids is 1. The molecular formula is C33H32N4O6S2. The average Bonchev–Trinajstić information content (AvgIpc) is 3.63. The number of nitrogens with one attached hydrogen (secondary N) is 1. The summed E-state index contributed by atoms with van der Waals surface area (Å²) < 4.78 is 18.0. The van der Waals surface area contributed by atoms with Gasteiger partial charge in [-0.3, -0.25) is 19.7 Å². The fourth-order valence-electron chi connectivity index (χ4n) is 5.16. The van der Waals surface area contributed by atoms with E-state index in [0.717, 1.165) is 66.2 Å². The minimum atomic E-state index is -0.986. The molecule has 2 fully saturated rings. The molecule has 232 valence electrons. The highest BCUT2D eigenvalue weighted by atomic mass is 32.2. The molecule has 1 aromatic heterocycles. The second-order valence-corrected chi connectivity index (χ2v) is 12.3. The van der Waals surface area contributed by atoms with Crippen LogP contribution in [0.2, 0.25) is 0 Å². The molecule has 0 spiro atoms. The highest BCUT2D eigenvalue weighted by molar-refractivity contribution is 8.26. The van der Waals surface area contributed by atoms with Gasteiger partial charge in [0.15, 0.2) is 0 Å². The zero-order chi connectivity index (χ0) is 31.2. The Kier molecular flexibility index (Phi) is 9.75. The lowest BCUT2D eigenvalue weighted by Crippen LogP contribution is -2.38. The number of thioether (sulfide) groups is 1. The molecule has 10 nitrogen and oxygen atoms in total. The molecule has 6 rings (SSSR count). The second kappa shape index (κ2) is 14.2. The van der Waals surface area contributed by atoms with E-state index >= 15 is 0 Å². The fraction of sp³-hybridized carbons (Fsp3) is 0.273. The predicted octanol–water partition coefficient (Wildman–Crippen LogP) is 5.31. The number of carbonyl (C=O) groups is 2. The molecule has 12 heteroatoms. The van der Waals surface area contributed by atoms with Crippen LogP contribution < -0.4 is 9.47 Å². The van der Waals surface area contributed by atoms with Crippen molar-refractivity contribution in [1.29, 1.82) is 0 Å². The van der Waals surface area contributed by atoms with E-state index in [0.29, 0.717) is 41.2 Å². The van der Waals surface area contributed by atoms with E-state index < -0.39 is 5.97 Å². The van der Waals surface area contributed by atoms with Gasteiger partial charge in [-0.15, -0.1) is 0 Å². The Morgan fingerprint density at radius 2 is 1.87 bits per heavy atom. The quantitative estimate of drug-likeness (QED) is 0.119. The molecule has 2 saturated heterocycles. The van der Waals surface area contributed by atoms with Gasteiger partial charge in [-0.1, -0.05) is 36.1 Å². The summed E-state index contributed by atoms with van der Waals surface area (Å²) in [5.41, 5.74) is 3.94. The number of aromatic amines is 1. The number of aromatic carboxylic acids is 1. The number of morpholine rings is 1. The first-order chi connectivity index (χ1) is 21.9. The number of fused-ring (bicyclic) bond motifs is 1. The Bertz CT molecular complexity index is 1730. The lowest BCUT2D eigenvalue weighted by molar-refractivity contribution is -0.122. The summed E-state index contributed by atoms with van der Waals surface area (Å²) in [6.07, 6.45) is 4.24. The number of thiocarbonyl (C=S) groups is 1. The summed E-state index contributed by atoms with van der Waals surface area (Å²) in [4.78, 5) is 28.8. The van der Waals surface area contributed by atoms with E-state index in [2.05, 4.69) is 21.2 Å². The second-order valence-electron chi connectivity index (χ2n) is 10.6. The maximum absolute atomic E-state index is 13.3. The van der Waals surface area contributed by atoms with Gasteiger partial charge in [-0.05, 0) is 72.2 Å². The van der Waals surface area contributed by atoms with Crippen LogP contribution in [0.15, 0.2) is 71.8 Å². The molecule has 0 bridgehead atoms. The monoisotopic (exact) mass is 644 g/mol. The lowest BCUT2D eigenvalue weighted by Gasteiger charge is -2.26. The molecule has 1 amide bonds. The summed E-state index contributed by atoms with van der Waals surface area (Å²) in [6.45, 7) is 5.44. The molecule has 4 aromatic rings. The number of carboxylic acid groups (broad SMARTS) is 1. The molecule has 3 heterocycles. The molecular weight excluding hydrogens is 613 g/mol. The number of ether oxygens (including phenoxy) is 3. The number of carboxylic acids is 1. The summed E-state index contributed by atoms with van der Waals surface area (Å²) >= 11 is 6.83. The van der Waals surface area contributed by atoms with Gasteiger partial charge in [0.1, 0.15) is 22.4 Å². The van der Waals surface area contributed by atoms with Gasteiger partial charge in [0.2, 0.25) is 0 Å². The van der Waals surface area contributed by atoms with Gasteiger partial charge in [-0.25, -0.2) is 4.79 Å². The number of hydrogen-bond donors (Lipinski definition) is 2. The average molecular weight is 645 g/mol. The van der Waals surface area contributed by atoms with E-state index in [9.17, 15) is 9.59 Å². The van der Waals surface area contributed by atoms with Crippen LogP contribution in [0.1, 0.15) is 22.3 Å². The van der Waals surface area contributed by atoms with Crippen molar-refractivity contribution < 1.29 is 28.9 Å². The number of amides is 1. The van der Waals surface area contributed by atoms with Crippen molar-refractivity contribution in [3.05, 3.63) is 82.9 Å². The smallest absolute Gasteiger partial charge is 0.335 e. The maximum atomic E-state index is 13.3. The topological polar surface area (TPSA) is 117 Å². The Morgan fingerprint density at radius 1 is 1.04 bits per heavy atom. The third-order valence-electron chi connectivity index (χ3n) is 7.59. The lowest BCUT2D eigenvalue weighted by atomic mass is 10.0. The summed E-state index contributed by atoms with van der Waals surface area (Å²) in [5, 5.41) is 17.2. The molecule has 2 aliphatic heterocycles. The first-order valence-corrected chi connectivity index (χ1v) is 15.9. The summed E-state index contributed by atoms with van der Waals surface area (Å²) in [5.74, 6) is 0.220. The van der Waals surface area contributed by atoms with Gasteiger partial charge in [0, 0.05) is 37.1 Å². The van der Waals surface area contributed by atoms with Crippen molar-refractivity contribution in [3.8, 4) is 22.6 Å². The Labute approximate surface area is 269 Å². The SMILES string of the molecule is O=C(O)c1ccc(OCCCN2C(=O)/C(=C/c3ccc(OCCN4CCOCC4)c(-c4ccc5[nH]ncc5c4)c3)SC2=S)cc1. The van der Waals surface area contributed by atoms with Crippen LogP contribution in [0.3, 0.4) is 0 Å². The third-order valence-corrected chi connectivity index (χ3v) is 8.97. The molecule has 0 unspecified atom stereocenters. The van der Waals surface area contributed by atoms with Crippen LogP contribution in [0.25, 0.3) is 28.1 Å². The predicted molar refractivity (Wildman–Crippen MR) is 178 cm³/mol. The molecule has 3 aromatic carbocycles. The van der Waals surface area contributed by atoms with Crippen molar-refractivity contribution in [2.24, 2.45) is 0 Å². The van der Waals surface area contributed by atoms with E-state index in [1.54, 1.807) is 23.2 Å². The number of benzene rings is 3. The number of rotatable bonds is 12. The summed E-state index contributed by atoms with van der Waals surface area (Å²) in [6, 6.07) is 18.3. The molecule has 0 atom stereocenters. The largest absolute Gasteiger partial charge is 0.494 e. The first kappa shape index (κ1) is 30.8. The number of aromatic nitrogens is 2. The van der Waals surface area contributed by atoms with Gasteiger partial charge in [-0.2, -0.15) is 5.10 Å². The van der Waals surface area contributed by atoms with Crippen molar-refractivity contribution in [1.82, 2.24) is 20.0 Å². The number of nitrogens with zero attached hydrogens (tertiary/aromatic N) is 3. The Hall–Kier alpha value is -4.23. The van der Waals surface area contributed by atoms with Gasteiger partial charge in [0.05, 0.1) is 42.0 Å². The van der Waals surface area contributed by atoms with Crippen molar-refractivity contribution in [2.75, 3.05) is 52.6 Å². The van der Waals surface area contributed by atoms with Gasteiger partial charge in [0.25, 0.3) is 5.91 Å². The van der Waals surface area contributed by atoms with Crippen molar-refractivity contribution in [3.63, 3.8) is 0 Å². The van der Waals surface area contributed by atoms with Crippen LogP contribution in [-0.4, -0.2) is 93.9 Å². The highest BCUT2D eigenvalue weighted by Gasteiger charge is 2.31. The first-order valence-electron chi connectivity index (χ1n) is 14.7. The van der Waals surface area contributed by atoms with Crippen molar-refractivity contribution in [2.45, 2.75) is 6.42 Å². The standard InChI is InChI=1S/C33H32N4O6S2/c38-31-30(45-33(44)37(31)10-1-14-42-26-6-3-23(4-7-26)32(39)40)19-22-2-9-29(43-17-13-36-11-15-41-16-12-36)27(18-22)24-5-8-28-25(20-24)21-34-35-28/h2-9,18-21H,1,10-17H2,(H,34,35)(H,39,40)/b30-19-. The van der Waals surface area contributed by atoms with E-state index in [4.69, 9.17) is 31.5 Å². The normalized spacial score (nSPS) is 16.5. The molecule has 45 heavy (non-hydrogen) atoms. The van der Waals surface area contributed by atoms with E-state index in [1.165, 1.54) is 23.9 Å². The molecule has 0 saturated carbocycles. The molecule has 0 radical (unpaired) electrons. The Balaban J connectivity index is 1.13. The number of H-pyrrole nitrogens is 1. The number of hydrogen-bond acceptors (Lipinski definition) is 9. The fourth-order valence-corrected chi connectivity index (χ4v) is 6.47. The Morgan fingerprint density at radius 3 is 2.67 bits per heavy atom. The summed E-state index contributed by atoms with van der Waals surface area (Å²) in [7, 11) is 0. The molecule has 2 aliphatic rings. The minimum absolute atomic E-state index is 0.136. The van der Waals surface area contributed by atoms with Crippen LogP contribution in [0.5, 0.6) is 11.5 Å². The van der Waals surface area contributed by atoms with Gasteiger partial charge >= 0.3 is 5.97 Å². The van der Waals surface area contributed by atoms with Crippen LogP contribution in [0, 0.1) is 0 Å². The van der Waals surface area contributed by atoms with Crippen LogP contribution in [-0.2, 0) is 9.53 Å². The van der Waals surface area contributed by atoms with E-state index in [1.807, 2.05) is 36.4 Å². The third kappa shape index (κ3) is 7.54. The highest BCUT2D eigenvalue weighted by Crippen LogP contribution is 2.36. The van der Waals surface area contributed by atoms with Crippen molar-refractivity contribution >= 4 is 57.2 Å². The maximum Gasteiger partial charge on any atom is 0.335 e. The molecule has 2 N–H and O–H groups in total. The molecule has 0 aliphatic carbocycles. The zero-order valence-corrected chi connectivity index (χ0v) is 26.1. The minimum Gasteiger partial charge on any atom is -0.494 e.